The van der Waals surface area contributed by atoms with Crippen molar-refractivity contribution in [3.8, 4) is 5.75 Å². The number of hydrogen-bond donors (Lipinski definition) is 4. The molecule has 2 rings (SSSR count). The Bertz CT molecular complexity index is 856. The third-order valence-electron chi connectivity index (χ3n) is 4.35. The van der Waals surface area contributed by atoms with Gasteiger partial charge in [-0.05, 0) is 23.3 Å². The molecule has 0 bridgehead atoms. The number of benzene rings is 2. The number of ether oxygens (including phenoxy) is 2. The first kappa shape index (κ1) is 23.7. The summed E-state index contributed by atoms with van der Waals surface area (Å²) in [6, 6.07) is 14.7. The molecule has 2 aromatic carbocycles. The number of nitrogens with one attached hydrogen (secondary N) is 2. The number of rotatable bonds is 11. The number of hydrogen-bond acceptors (Lipinski definition) is 6. The fraction of sp³-hybridized carbons (Fsp3) is 0.318. The number of carbonyl (C=O) groups excluding carboxylic acids is 2. The van der Waals surface area contributed by atoms with E-state index in [9.17, 15) is 24.6 Å². The molecule has 9 heteroatoms. The highest BCUT2D eigenvalue weighted by Crippen LogP contribution is 2.13. The SMILES string of the molecule is COc1ccc(C[C@@H](NC(=O)C[C@@H](O)CNC(=O)OCc2ccccc2)C(=O)O)cc1. The Morgan fingerprint density at radius 2 is 1.68 bits per heavy atom. The number of amides is 2. The minimum atomic E-state index is -1.19. The number of carboxylic acid groups (broad SMARTS) is 1. The second-order valence-corrected chi connectivity index (χ2v) is 6.81. The van der Waals surface area contributed by atoms with Crippen LogP contribution in [0.25, 0.3) is 0 Å². The van der Waals surface area contributed by atoms with Gasteiger partial charge in [-0.3, -0.25) is 4.79 Å². The molecule has 31 heavy (non-hydrogen) atoms. The monoisotopic (exact) mass is 430 g/mol. The molecule has 2 amide bonds. The van der Waals surface area contributed by atoms with Crippen molar-refractivity contribution >= 4 is 18.0 Å². The maximum Gasteiger partial charge on any atom is 0.407 e. The van der Waals surface area contributed by atoms with Gasteiger partial charge in [-0.25, -0.2) is 9.59 Å². The van der Waals surface area contributed by atoms with Crippen LogP contribution in [-0.4, -0.2) is 54.0 Å². The van der Waals surface area contributed by atoms with E-state index in [1.165, 1.54) is 7.11 Å². The maximum atomic E-state index is 12.1. The van der Waals surface area contributed by atoms with Gasteiger partial charge >= 0.3 is 12.1 Å². The molecule has 9 nitrogen and oxygen atoms in total. The smallest absolute Gasteiger partial charge is 0.407 e. The first-order chi connectivity index (χ1) is 14.9. The van der Waals surface area contributed by atoms with Gasteiger partial charge in [0.15, 0.2) is 0 Å². The van der Waals surface area contributed by atoms with Crippen LogP contribution in [0.1, 0.15) is 17.5 Å². The molecular weight excluding hydrogens is 404 g/mol. The number of methoxy groups -OCH3 is 1. The molecule has 0 aliphatic rings. The standard InChI is InChI=1S/C22H26N2O7/c1-30-18-9-7-15(8-10-18)11-19(21(27)28)24-20(26)12-17(25)13-23-22(29)31-14-16-5-3-2-4-6-16/h2-10,17,19,25H,11-14H2,1H3,(H,23,29)(H,24,26)(H,27,28)/t17-,19-/m1/s1. The van der Waals surface area contributed by atoms with Crippen molar-refractivity contribution in [1.82, 2.24) is 10.6 Å². The Hall–Kier alpha value is -3.59. The lowest BCUT2D eigenvalue weighted by Gasteiger charge is -2.17. The van der Waals surface area contributed by atoms with E-state index in [1.807, 2.05) is 18.2 Å². The number of carboxylic acids is 1. The number of aliphatic hydroxyl groups excluding tert-OH is 1. The van der Waals surface area contributed by atoms with Gasteiger partial charge in [-0.2, -0.15) is 0 Å². The largest absolute Gasteiger partial charge is 0.497 e. The van der Waals surface area contributed by atoms with E-state index >= 15 is 0 Å². The lowest BCUT2D eigenvalue weighted by atomic mass is 10.1. The average molecular weight is 430 g/mol. The van der Waals surface area contributed by atoms with E-state index in [-0.39, 0.29) is 26.0 Å². The van der Waals surface area contributed by atoms with Gasteiger partial charge in [-0.15, -0.1) is 0 Å². The van der Waals surface area contributed by atoms with Gasteiger partial charge in [0.1, 0.15) is 18.4 Å². The first-order valence-electron chi connectivity index (χ1n) is 9.65. The van der Waals surface area contributed by atoms with Gasteiger partial charge < -0.3 is 30.3 Å². The van der Waals surface area contributed by atoms with Crippen molar-refractivity contribution in [2.24, 2.45) is 0 Å². The zero-order valence-electron chi connectivity index (χ0n) is 17.1. The summed E-state index contributed by atoms with van der Waals surface area (Å²) in [6.07, 6.45) is -2.22. The van der Waals surface area contributed by atoms with Crippen LogP contribution in [0.5, 0.6) is 5.75 Å². The molecule has 0 unspecified atom stereocenters. The van der Waals surface area contributed by atoms with E-state index < -0.39 is 30.1 Å². The summed E-state index contributed by atoms with van der Waals surface area (Å²) in [5, 5.41) is 24.1. The first-order valence-corrected chi connectivity index (χ1v) is 9.65. The lowest BCUT2D eigenvalue weighted by Crippen LogP contribution is -2.44. The van der Waals surface area contributed by atoms with Crippen molar-refractivity contribution in [2.75, 3.05) is 13.7 Å². The van der Waals surface area contributed by atoms with E-state index in [0.29, 0.717) is 11.3 Å². The average Bonchev–Trinajstić information content (AvgIpc) is 2.77. The second kappa shape index (κ2) is 12.2. The van der Waals surface area contributed by atoms with Crippen LogP contribution in [-0.2, 0) is 27.4 Å². The van der Waals surface area contributed by atoms with Crippen LogP contribution in [0.2, 0.25) is 0 Å². The summed E-state index contributed by atoms with van der Waals surface area (Å²) in [7, 11) is 1.53. The van der Waals surface area contributed by atoms with Crippen molar-refractivity contribution in [1.29, 1.82) is 0 Å². The van der Waals surface area contributed by atoms with E-state index in [4.69, 9.17) is 9.47 Å². The zero-order valence-corrected chi connectivity index (χ0v) is 17.1. The van der Waals surface area contributed by atoms with Crippen molar-refractivity contribution in [3.05, 3.63) is 65.7 Å². The molecule has 0 saturated heterocycles. The number of aliphatic hydroxyl groups is 1. The third kappa shape index (κ3) is 8.75. The highest BCUT2D eigenvalue weighted by Gasteiger charge is 2.22. The molecular formula is C22H26N2O7. The summed E-state index contributed by atoms with van der Waals surface area (Å²) in [6.45, 7) is -0.133. The molecule has 166 valence electrons. The quantitative estimate of drug-likeness (QED) is 0.424. The van der Waals surface area contributed by atoms with Crippen LogP contribution < -0.4 is 15.4 Å². The highest BCUT2D eigenvalue weighted by atomic mass is 16.5. The second-order valence-electron chi connectivity index (χ2n) is 6.81. The molecule has 0 aliphatic carbocycles. The predicted molar refractivity (Wildman–Crippen MR) is 112 cm³/mol. The molecule has 0 spiro atoms. The fourth-order valence-electron chi connectivity index (χ4n) is 2.71. The van der Waals surface area contributed by atoms with Crippen LogP contribution in [0.15, 0.2) is 54.6 Å². The summed E-state index contributed by atoms with van der Waals surface area (Å²) in [5.74, 6) is -1.20. The normalized spacial score (nSPS) is 12.3. The minimum absolute atomic E-state index is 0.0746. The Labute approximate surface area is 180 Å². The molecule has 0 fully saturated rings. The molecule has 0 heterocycles. The molecule has 0 aliphatic heterocycles. The van der Waals surface area contributed by atoms with Crippen LogP contribution in [0.3, 0.4) is 0 Å². The summed E-state index contributed by atoms with van der Waals surface area (Å²) in [4.78, 5) is 35.3. The van der Waals surface area contributed by atoms with E-state index in [0.717, 1.165) is 5.56 Å². The Kier molecular flexibility index (Phi) is 9.31. The Morgan fingerprint density at radius 3 is 2.29 bits per heavy atom. The summed E-state index contributed by atoms with van der Waals surface area (Å²) < 4.78 is 10.1. The highest BCUT2D eigenvalue weighted by molar-refractivity contribution is 5.84. The van der Waals surface area contributed by atoms with Crippen molar-refractivity contribution in [3.63, 3.8) is 0 Å². The van der Waals surface area contributed by atoms with Crippen molar-refractivity contribution in [2.45, 2.75) is 31.6 Å². The van der Waals surface area contributed by atoms with Crippen LogP contribution >= 0.6 is 0 Å². The number of carbonyl (C=O) groups is 3. The molecule has 0 saturated carbocycles. The zero-order chi connectivity index (χ0) is 22.6. The fourth-order valence-corrected chi connectivity index (χ4v) is 2.71. The van der Waals surface area contributed by atoms with E-state index in [2.05, 4.69) is 10.6 Å². The van der Waals surface area contributed by atoms with Crippen LogP contribution in [0, 0.1) is 0 Å². The summed E-state index contributed by atoms with van der Waals surface area (Å²) >= 11 is 0. The molecule has 4 N–H and O–H groups in total. The lowest BCUT2D eigenvalue weighted by molar-refractivity contribution is -0.142. The van der Waals surface area contributed by atoms with Crippen LogP contribution in [0.4, 0.5) is 4.79 Å². The van der Waals surface area contributed by atoms with Crippen molar-refractivity contribution < 1.29 is 34.1 Å². The molecule has 2 aromatic rings. The molecule has 2 atom stereocenters. The Balaban J connectivity index is 1.74. The number of alkyl carbamates (subject to hydrolysis) is 1. The minimum Gasteiger partial charge on any atom is -0.497 e. The number of aliphatic carboxylic acids is 1. The van der Waals surface area contributed by atoms with Gasteiger partial charge in [-0.1, -0.05) is 42.5 Å². The van der Waals surface area contributed by atoms with Gasteiger partial charge in [0.25, 0.3) is 0 Å². The maximum absolute atomic E-state index is 12.1. The predicted octanol–water partition coefficient (Wildman–Crippen LogP) is 1.48. The van der Waals surface area contributed by atoms with Gasteiger partial charge in [0, 0.05) is 13.0 Å². The molecule has 0 aromatic heterocycles. The third-order valence-corrected chi connectivity index (χ3v) is 4.35. The summed E-state index contributed by atoms with van der Waals surface area (Å²) in [5.41, 5.74) is 1.52. The topological polar surface area (TPSA) is 134 Å². The Morgan fingerprint density at radius 1 is 1.00 bits per heavy atom. The molecule has 0 radical (unpaired) electrons. The van der Waals surface area contributed by atoms with E-state index in [1.54, 1.807) is 36.4 Å². The van der Waals surface area contributed by atoms with Gasteiger partial charge in [0.05, 0.1) is 19.6 Å². The van der Waals surface area contributed by atoms with Gasteiger partial charge in [0.2, 0.25) is 5.91 Å².